The Kier molecular flexibility index (Phi) is 7.30. The number of hydrogen-bond donors (Lipinski definition) is 1. The summed E-state index contributed by atoms with van der Waals surface area (Å²) in [4.78, 5) is 0.0925. The minimum absolute atomic E-state index is 0. The summed E-state index contributed by atoms with van der Waals surface area (Å²) in [5.41, 5.74) is 1.79. The van der Waals surface area contributed by atoms with Gasteiger partial charge in [0.05, 0.1) is 0 Å². The third-order valence-electron chi connectivity index (χ3n) is 3.70. The molecule has 122 valence electrons. The summed E-state index contributed by atoms with van der Waals surface area (Å²) in [5.74, 6) is 0.730. The minimum atomic E-state index is -4.26. The predicted molar refractivity (Wildman–Crippen MR) is 98.0 cm³/mol. The molecule has 0 saturated carbocycles. The fourth-order valence-electron chi connectivity index (χ4n) is 2.96. The van der Waals surface area contributed by atoms with E-state index in [0.29, 0.717) is 23.6 Å². The predicted octanol–water partition coefficient (Wildman–Crippen LogP) is 3.84. The van der Waals surface area contributed by atoms with Gasteiger partial charge in [-0.3, -0.25) is 4.55 Å². The van der Waals surface area contributed by atoms with Crippen molar-refractivity contribution < 1.29 is 13.0 Å². The van der Waals surface area contributed by atoms with Crippen LogP contribution in [0.4, 0.5) is 0 Å². The van der Waals surface area contributed by atoms with Crippen LogP contribution in [-0.4, -0.2) is 42.5 Å². The zero-order valence-corrected chi connectivity index (χ0v) is 14.4. The molecular formula is C18H25NaO3S. The Morgan fingerprint density at radius 3 is 2.09 bits per heavy atom. The topological polar surface area (TPSA) is 54.4 Å². The molecule has 3 nitrogen and oxygen atoms in total. The van der Waals surface area contributed by atoms with E-state index < -0.39 is 10.1 Å². The number of rotatable bonds is 5. The number of fused-ring (bicyclic) bond motifs is 1. The molecule has 0 heterocycles. The van der Waals surface area contributed by atoms with E-state index in [9.17, 15) is 13.0 Å². The van der Waals surface area contributed by atoms with E-state index in [1.54, 1.807) is 12.1 Å². The molecule has 2 aromatic carbocycles. The molecule has 0 atom stereocenters. The SMILES string of the molecule is CC(C)Cc1cc2ccccc2c(S(=O)(=O)O)c1CC(C)C.[NaH]. The van der Waals surface area contributed by atoms with Gasteiger partial charge in [0.15, 0.2) is 0 Å². The second-order valence-electron chi connectivity index (χ2n) is 6.74. The van der Waals surface area contributed by atoms with Gasteiger partial charge in [-0.05, 0) is 41.2 Å². The molecule has 2 rings (SSSR count). The summed E-state index contributed by atoms with van der Waals surface area (Å²) in [7, 11) is -4.26. The van der Waals surface area contributed by atoms with E-state index in [-0.39, 0.29) is 34.5 Å². The number of hydrogen-bond acceptors (Lipinski definition) is 2. The monoisotopic (exact) mass is 344 g/mol. The van der Waals surface area contributed by atoms with E-state index in [0.717, 1.165) is 22.9 Å². The molecule has 0 amide bonds. The fraction of sp³-hybridized carbons (Fsp3) is 0.444. The Hall–Kier alpha value is -0.390. The van der Waals surface area contributed by atoms with Gasteiger partial charge in [-0.2, -0.15) is 8.42 Å². The van der Waals surface area contributed by atoms with E-state index in [1.165, 1.54) is 0 Å². The molecular weight excluding hydrogens is 319 g/mol. The van der Waals surface area contributed by atoms with Gasteiger partial charge in [0.25, 0.3) is 10.1 Å². The average molecular weight is 344 g/mol. The van der Waals surface area contributed by atoms with Crippen LogP contribution in [0.5, 0.6) is 0 Å². The molecule has 0 radical (unpaired) electrons. The fourth-order valence-corrected chi connectivity index (χ4v) is 3.95. The molecule has 0 aliphatic rings. The Morgan fingerprint density at radius 1 is 1.00 bits per heavy atom. The Bertz CT molecular complexity index is 780. The van der Waals surface area contributed by atoms with Crippen molar-refractivity contribution in [2.45, 2.75) is 45.4 Å². The van der Waals surface area contributed by atoms with E-state index in [4.69, 9.17) is 0 Å². The summed E-state index contributed by atoms with van der Waals surface area (Å²) in [5, 5.41) is 1.46. The summed E-state index contributed by atoms with van der Waals surface area (Å²) in [6.45, 7) is 8.34. The van der Waals surface area contributed by atoms with E-state index in [1.807, 2.05) is 12.1 Å². The van der Waals surface area contributed by atoms with E-state index >= 15 is 0 Å². The maximum absolute atomic E-state index is 12.0. The molecule has 23 heavy (non-hydrogen) atoms. The molecule has 1 N–H and O–H groups in total. The molecule has 0 unspecified atom stereocenters. The third kappa shape index (κ3) is 5.04. The summed E-state index contributed by atoms with van der Waals surface area (Å²) >= 11 is 0. The molecule has 0 bridgehead atoms. The summed E-state index contributed by atoms with van der Waals surface area (Å²) in [6, 6.07) is 9.42. The van der Waals surface area contributed by atoms with Crippen LogP contribution in [0.25, 0.3) is 10.8 Å². The van der Waals surface area contributed by atoms with Crippen LogP contribution in [-0.2, 0) is 23.0 Å². The van der Waals surface area contributed by atoms with E-state index in [2.05, 4.69) is 33.8 Å². The molecule has 0 aliphatic heterocycles. The first-order chi connectivity index (χ1) is 10.2. The average Bonchev–Trinajstić information content (AvgIpc) is 2.36. The second-order valence-corrected chi connectivity index (χ2v) is 8.09. The molecule has 2 aromatic rings. The van der Waals surface area contributed by atoms with Crippen LogP contribution in [0.3, 0.4) is 0 Å². The van der Waals surface area contributed by atoms with Crippen LogP contribution in [0.2, 0.25) is 0 Å². The Morgan fingerprint density at radius 2 is 1.57 bits per heavy atom. The van der Waals surface area contributed by atoms with Gasteiger partial charge in [-0.1, -0.05) is 58.0 Å². The number of benzene rings is 2. The van der Waals surface area contributed by atoms with Crippen molar-refractivity contribution in [1.29, 1.82) is 0 Å². The quantitative estimate of drug-likeness (QED) is 0.662. The van der Waals surface area contributed by atoms with Crippen LogP contribution in [0.1, 0.15) is 38.8 Å². The van der Waals surface area contributed by atoms with Gasteiger partial charge in [-0.15, -0.1) is 0 Å². The van der Waals surface area contributed by atoms with Gasteiger partial charge in [0.1, 0.15) is 4.90 Å². The molecule has 5 heteroatoms. The normalized spacial score (nSPS) is 12.0. The van der Waals surface area contributed by atoms with Gasteiger partial charge in [0.2, 0.25) is 0 Å². The molecule has 0 saturated heterocycles. The summed E-state index contributed by atoms with van der Waals surface area (Å²) < 4.78 is 33.9. The molecule has 0 aromatic heterocycles. The van der Waals surface area contributed by atoms with Gasteiger partial charge >= 0.3 is 29.6 Å². The second kappa shape index (κ2) is 8.13. The van der Waals surface area contributed by atoms with Crippen molar-refractivity contribution in [2.75, 3.05) is 0 Å². The van der Waals surface area contributed by atoms with Crippen LogP contribution < -0.4 is 0 Å². The zero-order chi connectivity index (χ0) is 16.5. The standard InChI is InChI=1S/C18H24O3S.Na.H/c1-12(2)9-15-11-14-7-5-6-8-16(14)18(22(19,20)21)17(15)10-13(3)4;;/h5-8,11-13H,9-10H2,1-4H3,(H,19,20,21);;. The van der Waals surface area contributed by atoms with Crippen molar-refractivity contribution >= 4 is 50.4 Å². The zero-order valence-electron chi connectivity index (χ0n) is 13.6. The van der Waals surface area contributed by atoms with Crippen molar-refractivity contribution in [2.24, 2.45) is 11.8 Å². The van der Waals surface area contributed by atoms with Crippen molar-refractivity contribution in [3.05, 3.63) is 41.5 Å². The first kappa shape index (κ1) is 20.7. The van der Waals surface area contributed by atoms with Crippen LogP contribution >= 0.6 is 0 Å². The van der Waals surface area contributed by atoms with Gasteiger partial charge in [0, 0.05) is 5.39 Å². The third-order valence-corrected chi connectivity index (χ3v) is 4.68. The molecule has 0 aliphatic carbocycles. The van der Waals surface area contributed by atoms with Crippen molar-refractivity contribution in [1.82, 2.24) is 0 Å². The van der Waals surface area contributed by atoms with Gasteiger partial charge in [-0.25, -0.2) is 0 Å². The Balaban J connectivity index is 0.00000264. The first-order valence-corrected chi connectivity index (χ1v) is 9.15. The van der Waals surface area contributed by atoms with Crippen molar-refractivity contribution in [3.8, 4) is 0 Å². The van der Waals surface area contributed by atoms with Crippen LogP contribution in [0.15, 0.2) is 35.2 Å². The Labute approximate surface area is 161 Å². The van der Waals surface area contributed by atoms with Crippen LogP contribution in [0, 0.1) is 11.8 Å². The van der Waals surface area contributed by atoms with Crippen molar-refractivity contribution in [3.63, 3.8) is 0 Å². The maximum atomic E-state index is 12.0. The molecule has 0 spiro atoms. The van der Waals surface area contributed by atoms with Gasteiger partial charge < -0.3 is 0 Å². The summed E-state index contributed by atoms with van der Waals surface area (Å²) in [6.07, 6.45) is 1.44. The molecule has 0 fully saturated rings. The first-order valence-electron chi connectivity index (χ1n) is 7.71.